The van der Waals surface area contributed by atoms with E-state index in [1.165, 1.54) is 17.5 Å². The highest BCUT2D eigenvalue weighted by Crippen LogP contribution is 2.17. The zero-order valence-electron chi connectivity index (χ0n) is 14.3. The van der Waals surface area contributed by atoms with E-state index in [1.54, 1.807) is 6.26 Å². The van der Waals surface area contributed by atoms with E-state index in [-0.39, 0.29) is 6.61 Å². The Morgan fingerprint density at radius 3 is 2.71 bits per heavy atom. The van der Waals surface area contributed by atoms with Gasteiger partial charge in [0.15, 0.2) is 0 Å². The van der Waals surface area contributed by atoms with E-state index < -0.39 is 0 Å². The zero-order chi connectivity index (χ0) is 16.6. The quantitative estimate of drug-likeness (QED) is 0.809. The van der Waals surface area contributed by atoms with Gasteiger partial charge >= 0.3 is 0 Å². The molecule has 3 rings (SSSR count). The average Bonchev–Trinajstić information content (AvgIpc) is 3.11. The van der Waals surface area contributed by atoms with Gasteiger partial charge in [0.2, 0.25) is 0 Å². The Kier molecular flexibility index (Phi) is 6.47. The maximum absolute atomic E-state index is 9.42. The molecule has 1 aliphatic rings. The number of benzene rings is 1. The van der Waals surface area contributed by atoms with E-state index in [2.05, 4.69) is 40.1 Å². The molecule has 1 saturated heterocycles. The molecule has 0 spiro atoms. The first kappa shape index (κ1) is 17.2. The number of rotatable bonds is 8. The van der Waals surface area contributed by atoms with E-state index in [4.69, 9.17) is 4.42 Å². The largest absolute Gasteiger partial charge is 0.472 e. The molecular weight excluding hydrogens is 300 g/mol. The molecule has 0 aliphatic carbocycles. The molecule has 4 nitrogen and oxygen atoms in total. The second-order valence-electron chi connectivity index (χ2n) is 6.66. The molecule has 1 atom stereocenters. The minimum atomic E-state index is 0.263. The van der Waals surface area contributed by atoms with Gasteiger partial charge in [-0.25, -0.2) is 0 Å². The highest BCUT2D eigenvalue weighted by Gasteiger charge is 2.26. The molecule has 1 aliphatic heterocycles. The standard InChI is InChI=1S/C20H28N2O2/c23-13-8-20-16-21(15-19-9-14-24-17-19)11-12-22(20)10-4-7-18-5-2-1-3-6-18/h1-3,5-6,9,14,17,20,23H,4,7-8,10-13,15-16H2. The molecular formula is C20H28N2O2. The smallest absolute Gasteiger partial charge is 0.0947 e. The van der Waals surface area contributed by atoms with Crippen molar-refractivity contribution >= 4 is 0 Å². The summed E-state index contributed by atoms with van der Waals surface area (Å²) >= 11 is 0. The Labute approximate surface area is 144 Å². The third kappa shape index (κ3) is 4.94. The molecule has 0 saturated carbocycles. The monoisotopic (exact) mass is 328 g/mol. The lowest BCUT2D eigenvalue weighted by atomic mass is 10.1. The summed E-state index contributed by atoms with van der Waals surface area (Å²) in [5.74, 6) is 0. The van der Waals surface area contributed by atoms with Gasteiger partial charge in [-0.1, -0.05) is 30.3 Å². The molecule has 130 valence electrons. The van der Waals surface area contributed by atoms with Gasteiger partial charge < -0.3 is 9.52 Å². The lowest BCUT2D eigenvalue weighted by Gasteiger charge is -2.41. The van der Waals surface area contributed by atoms with Gasteiger partial charge in [-0.3, -0.25) is 9.80 Å². The lowest BCUT2D eigenvalue weighted by Crippen LogP contribution is -2.53. The third-order valence-corrected chi connectivity index (χ3v) is 4.89. The first-order valence-electron chi connectivity index (χ1n) is 8.97. The van der Waals surface area contributed by atoms with Crippen LogP contribution in [0.25, 0.3) is 0 Å². The van der Waals surface area contributed by atoms with Crippen LogP contribution in [0.15, 0.2) is 53.3 Å². The lowest BCUT2D eigenvalue weighted by molar-refractivity contribution is 0.0546. The Morgan fingerprint density at radius 1 is 1.08 bits per heavy atom. The second kappa shape index (κ2) is 9.02. The Bertz CT molecular complexity index is 571. The average molecular weight is 328 g/mol. The zero-order valence-corrected chi connectivity index (χ0v) is 14.3. The van der Waals surface area contributed by atoms with Gasteiger partial charge in [0, 0.05) is 44.4 Å². The summed E-state index contributed by atoms with van der Waals surface area (Å²) < 4.78 is 5.17. The molecule has 24 heavy (non-hydrogen) atoms. The molecule has 0 radical (unpaired) electrons. The van der Waals surface area contributed by atoms with Crippen molar-refractivity contribution in [2.24, 2.45) is 0 Å². The SMILES string of the molecule is OCCC1CN(Cc2ccoc2)CCN1CCCc1ccccc1. The molecule has 1 aromatic heterocycles. The van der Waals surface area contributed by atoms with Crippen molar-refractivity contribution in [2.45, 2.75) is 31.8 Å². The number of hydrogen-bond acceptors (Lipinski definition) is 4. The van der Waals surface area contributed by atoms with Gasteiger partial charge in [0.05, 0.1) is 12.5 Å². The minimum Gasteiger partial charge on any atom is -0.472 e. The highest BCUT2D eigenvalue weighted by atomic mass is 16.3. The van der Waals surface area contributed by atoms with Crippen molar-refractivity contribution in [3.8, 4) is 0 Å². The van der Waals surface area contributed by atoms with Crippen LogP contribution in [0.2, 0.25) is 0 Å². The van der Waals surface area contributed by atoms with Crippen molar-refractivity contribution < 1.29 is 9.52 Å². The summed E-state index contributed by atoms with van der Waals surface area (Å²) in [5, 5.41) is 9.42. The van der Waals surface area contributed by atoms with Gasteiger partial charge in [-0.15, -0.1) is 0 Å². The van der Waals surface area contributed by atoms with Crippen LogP contribution < -0.4 is 0 Å². The summed E-state index contributed by atoms with van der Waals surface area (Å²) in [5.41, 5.74) is 2.64. The van der Waals surface area contributed by atoms with E-state index in [1.807, 2.05) is 12.3 Å². The maximum Gasteiger partial charge on any atom is 0.0947 e. The van der Waals surface area contributed by atoms with Crippen molar-refractivity contribution in [1.29, 1.82) is 0 Å². The van der Waals surface area contributed by atoms with Crippen molar-refractivity contribution in [3.05, 3.63) is 60.1 Å². The Hall–Kier alpha value is -1.62. The van der Waals surface area contributed by atoms with E-state index in [0.29, 0.717) is 6.04 Å². The van der Waals surface area contributed by atoms with E-state index >= 15 is 0 Å². The number of aliphatic hydroxyl groups excluding tert-OH is 1. The summed E-state index contributed by atoms with van der Waals surface area (Å²) in [6, 6.07) is 13.2. The van der Waals surface area contributed by atoms with Crippen LogP contribution in [0, 0.1) is 0 Å². The molecule has 0 amide bonds. The Balaban J connectivity index is 1.48. The first-order valence-corrected chi connectivity index (χ1v) is 8.97. The third-order valence-electron chi connectivity index (χ3n) is 4.89. The van der Waals surface area contributed by atoms with Crippen molar-refractivity contribution in [2.75, 3.05) is 32.8 Å². The van der Waals surface area contributed by atoms with Crippen LogP contribution in [0.5, 0.6) is 0 Å². The molecule has 1 aromatic carbocycles. The number of furan rings is 1. The number of aliphatic hydroxyl groups is 1. The molecule has 1 N–H and O–H groups in total. The summed E-state index contributed by atoms with van der Waals surface area (Å²) in [7, 11) is 0. The number of nitrogens with zero attached hydrogens (tertiary/aromatic N) is 2. The summed E-state index contributed by atoms with van der Waals surface area (Å²) in [4.78, 5) is 5.03. The maximum atomic E-state index is 9.42. The summed E-state index contributed by atoms with van der Waals surface area (Å²) in [6.45, 7) is 5.50. The minimum absolute atomic E-state index is 0.263. The van der Waals surface area contributed by atoms with E-state index in [9.17, 15) is 5.11 Å². The predicted molar refractivity (Wildman–Crippen MR) is 95.8 cm³/mol. The molecule has 4 heteroatoms. The fourth-order valence-corrected chi connectivity index (χ4v) is 3.59. The van der Waals surface area contributed by atoms with Crippen LogP contribution >= 0.6 is 0 Å². The van der Waals surface area contributed by atoms with Crippen LogP contribution in [0.3, 0.4) is 0 Å². The normalized spacial score (nSPS) is 19.6. The van der Waals surface area contributed by atoms with Gasteiger partial charge in [0.25, 0.3) is 0 Å². The number of hydrogen-bond donors (Lipinski definition) is 1. The number of aryl methyl sites for hydroxylation is 1. The molecule has 0 bridgehead atoms. The highest BCUT2D eigenvalue weighted by molar-refractivity contribution is 5.14. The van der Waals surface area contributed by atoms with Gasteiger partial charge in [-0.2, -0.15) is 0 Å². The van der Waals surface area contributed by atoms with E-state index in [0.717, 1.165) is 45.6 Å². The number of piperazine rings is 1. The van der Waals surface area contributed by atoms with Crippen LogP contribution in [-0.4, -0.2) is 53.7 Å². The molecule has 2 heterocycles. The molecule has 1 fully saturated rings. The topological polar surface area (TPSA) is 39.9 Å². The van der Waals surface area contributed by atoms with Gasteiger partial charge in [-0.05, 0) is 37.4 Å². The van der Waals surface area contributed by atoms with Gasteiger partial charge in [0.1, 0.15) is 0 Å². The predicted octanol–water partition coefficient (Wildman–Crippen LogP) is 2.78. The molecule has 2 aromatic rings. The Morgan fingerprint density at radius 2 is 1.96 bits per heavy atom. The summed E-state index contributed by atoms with van der Waals surface area (Å²) in [6.07, 6.45) is 6.72. The van der Waals surface area contributed by atoms with Crippen LogP contribution in [-0.2, 0) is 13.0 Å². The molecule has 1 unspecified atom stereocenters. The van der Waals surface area contributed by atoms with Crippen molar-refractivity contribution in [3.63, 3.8) is 0 Å². The van der Waals surface area contributed by atoms with Crippen molar-refractivity contribution in [1.82, 2.24) is 9.80 Å². The van der Waals surface area contributed by atoms with Crippen LogP contribution in [0.4, 0.5) is 0 Å². The first-order chi connectivity index (χ1) is 11.8. The fourth-order valence-electron chi connectivity index (χ4n) is 3.59. The second-order valence-corrected chi connectivity index (χ2v) is 6.66. The fraction of sp³-hybridized carbons (Fsp3) is 0.500. The van der Waals surface area contributed by atoms with Crippen LogP contribution in [0.1, 0.15) is 24.0 Å².